The molecule has 1 saturated heterocycles. The van der Waals surface area contributed by atoms with Crippen molar-refractivity contribution in [3.63, 3.8) is 0 Å². The fraction of sp³-hybridized carbons (Fsp3) is 0.316. The van der Waals surface area contributed by atoms with Gasteiger partial charge in [-0.15, -0.1) is 0 Å². The highest BCUT2D eigenvalue weighted by atomic mass is 32.2. The number of aryl methyl sites for hydroxylation is 2. The van der Waals surface area contributed by atoms with Crippen molar-refractivity contribution in [2.45, 2.75) is 23.6 Å². The van der Waals surface area contributed by atoms with Crippen LogP contribution >= 0.6 is 0 Å². The van der Waals surface area contributed by atoms with Gasteiger partial charge in [-0.2, -0.15) is 13.9 Å². The monoisotopic (exact) mass is 419 g/mol. The molecule has 0 amide bonds. The van der Waals surface area contributed by atoms with Crippen LogP contribution in [0.3, 0.4) is 0 Å². The molecule has 0 N–H and O–H groups in total. The summed E-state index contributed by atoms with van der Waals surface area (Å²) in [6.45, 7) is 4.04. The molecule has 0 bridgehead atoms. The maximum absolute atomic E-state index is 12.9. The van der Waals surface area contributed by atoms with E-state index in [4.69, 9.17) is 5.26 Å². The summed E-state index contributed by atoms with van der Waals surface area (Å²) in [4.78, 5) is 0.255. The standard InChI is InChI=1S/C19H21N3O4S2/c1-15-6-7-19(12-16(15)2)28(25,26)22-10-8-21(9-11-22)27(23,24)18-5-3-4-17(13-18)14-20/h3-7,12-13H,8-11H2,1-2H3. The quantitative estimate of drug-likeness (QED) is 0.753. The number of nitriles is 1. The van der Waals surface area contributed by atoms with Crippen molar-refractivity contribution >= 4 is 20.0 Å². The van der Waals surface area contributed by atoms with Gasteiger partial charge in [0.05, 0.1) is 21.4 Å². The lowest BCUT2D eigenvalue weighted by atomic mass is 10.1. The number of nitrogens with zero attached hydrogens (tertiary/aromatic N) is 3. The van der Waals surface area contributed by atoms with Crippen molar-refractivity contribution in [2.24, 2.45) is 0 Å². The predicted molar refractivity (Wildman–Crippen MR) is 105 cm³/mol. The first kappa shape index (κ1) is 20.5. The SMILES string of the molecule is Cc1ccc(S(=O)(=O)N2CCN(S(=O)(=O)c3cccc(C#N)c3)CC2)cc1C. The molecule has 1 heterocycles. The van der Waals surface area contributed by atoms with E-state index >= 15 is 0 Å². The predicted octanol–water partition coefficient (Wildman–Crippen LogP) is 1.87. The Morgan fingerprint density at radius 1 is 0.786 bits per heavy atom. The summed E-state index contributed by atoms with van der Waals surface area (Å²) in [7, 11) is -7.46. The van der Waals surface area contributed by atoms with Gasteiger partial charge in [-0.1, -0.05) is 12.1 Å². The number of hydrogen-bond acceptors (Lipinski definition) is 5. The van der Waals surface area contributed by atoms with E-state index in [0.717, 1.165) is 11.1 Å². The Morgan fingerprint density at radius 3 is 1.82 bits per heavy atom. The van der Waals surface area contributed by atoms with Crippen LogP contribution in [0.4, 0.5) is 0 Å². The third-order valence-electron chi connectivity index (χ3n) is 4.91. The molecular formula is C19H21N3O4S2. The minimum Gasteiger partial charge on any atom is -0.207 e. The second kappa shape index (κ2) is 7.64. The molecule has 0 aliphatic carbocycles. The molecule has 0 atom stereocenters. The smallest absolute Gasteiger partial charge is 0.207 e. The van der Waals surface area contributed by atoms with Crippen LogP contribution in [0.15, 0.2) is 52.3 Å². The van der Waals surface area contributed by atoms with E-state index in [9.17, 15) is 16.8 Å². The van der Waals surface area contributed by atoms with Gasteiger partial charge >= 0.3 is 0 Å². The zero-order chi connectivity index (χ0) is 20.5. The maximum Gasteiger partial charge on any atom is 0.243 e. The van der Waals surface area contributed by atoms with Crippen molar-refractivity contribution in [3.8, 4) is 6.07 Å². The topological polar surface area (TPSA) is 98.6 Å². The molecular weight excluding hydrogens is 398 g/mol. The molecule has 0 aromatic heterocycles. The highest BCUT2D eigenvalue weighted by molar-refractivity contribution is 7.89. The Kier molecular flexibility index (Phi) is 5.59. The molecule has 0 radical (unpaired) electrons. The van der Waals surface area contributed by atoms with Crippen molar-refractivity contribution in [3.05, 3.63) is 59.2 Å². The summed E-state index contributed by atoms with van der Waals surface area (Å²) in [5.41, 5.74) is 2.16. The van der Waals surface area contributed by atoms with Gasteiger partial charge in [-0.3, -0.25) is 0 Å². The minimum absolute atomic E-state index is 0.0389. The summed E-state index contributed by atoms with van der Waals surface area (Å²) in [5, 5.41) is 8.98. The Balaban J connectivity index is 1.78. The van der Waals surface area contributed by atoms with Crippen molar-refractivity contribution in [1.29, 1.82) is 5.26 Å². The summed E-state index contributed by atoms with van der Waals surface area (Å²) in [6.07, 6.45) is 0. The summed E-state index contributed by atoms with van der Waals surface area (Å²) < 4.78 is 54.0. The Labute approximate surface area is 165 Å². The number of piperazine rings is 1. The van der Waals surface area contributed by atoms with Gasteiger partial charge in [0.2, 0.25) is 20.0 Å². The zero-order valence-electron chi connectivity index (χ0n) is 15.7. The fourth-order valence-electron chi connectivity index (χ4n) is 3.05. The van der Waals surface area contributed by atoms with E-state index in [-0.39, 0.29) is 41.5 Å². The van der Waals surface area contributed by atoms with Crippen LogP contribution in [0.1, 0.15) is 16.7 Å². The first-order chi connectivity index (χ1) is 13.2. The molecule has 3 rings (SSSR count). The van der Waals surface area contributed by atoms with Gasteiger partial charge in [-0.05, 0) is 55.3 Å². The molecule has 9 heteroatoms. The van der Waals surface area contributed by atoms with Crippen molar-refractivity contribution < 1.29 is 16.8 Å². The molecule has 148 valence electrons. The van der Waals surface area contributed by atoms with Gasteiger partial charge in [0, 0.05) is 26.2 Å². The zero-order valence-corrected chi connectivity index (χ0v) is 17.3. The normalized spacial score (nSPS) is 16.6. The highest BCUT2D eigenvalue weighted by Crippen LogP contribution is 2.23. The van der Waals surface area contributed by atoms with Gasteiger partial charge in [0.25, 0.3) is 0 Å². The van der Waals surface area contributed by atoms with Crippen LogP contribution in [0, 0.1) is 25.2 Å². The Bertz CT molecular complexity index is 1140. The largest absolute Gasteiger partial charge is 0.243 e. The number of hydrogen-bond donors (Lipinski definition) is 0. The van der Waals surface area contributed by atoms with Crippen molar-refractivity contribution in [1.82, 2.24) is 8.61 Å². The summed E-state index contributed by atoms with van der Waals surface area (Å²) >= 11 is 0. The van der Waals surface area contributed by atoms with E-state index in [2.05, 4.69) is 0 Å². The number of sulfonamides is 2. The first-order valence-corrected chi connectivity index (χ1v) is 11.6. The molecule has 28 heavy (non-hydrogen) atoms. The van der Waals surface area contributed by atoms with Gasteiger partial charge < -0.3 is 0 Å². The lowest BCUT2D eigenvalue weighted by Gasteiger charge is -2.33. The van der Waals surface area contributed by atoms with Gasteiger partial charge in [-0.25, -0.2) is 16.8 Å². The molecule has 1 fully saturated rings. The molecule has 1 aliphatic heterocycles. The average molecular weight is 420 g/mol. The Hall–Kier alpha value is -2.25. The van der Waals surface area contributed by atoms with Gasteiger partial charge in [0.1, 0.15) is 0 Å². The van der Waals surface area contributed by atoms with E-state index < -0.39 is 20.0 Å². The van der Waals surface area contributed by atoms with Crippen LogP contribution in [0.25, 0.3) is 0 Å². The van der Waals surface area contributed by atoms with Crippen LogP contribution in [0.5, 0.6) is 0 Å². The van der Waals surface area contributed by atoms with Crippen LogP contribution in [-0.2, 0) is 20.0 Å². The van der Waals surface area contributed by atoms with E-state index in [0.29, 0.717) is 0 Å². The number of rotatable bonds is 4. The van der Waals surface area contributed by atoms with Crippen LogP contribution in [0.2, 0.25) is 0 Å². The second-order valence-corrected chi connectivity index (χ2v) is 10.6. The minimum atomic E-state index is -3.78. The lowest BCUT2D eigenvalue weighted by molar-refractivity contribution is 0.273. The first-order valence-electron chi connectivity index (χ1n) is 8.74. The molecule has 2 aromatic carbocycles. The van der Waals surface area contributed by atoms with Crippen LogP contribution < -0.4 is 0 Å². The summed E-state index contributed by atoms with van der Waals surface area (Å²) in [6, 6.07) is 12.7. The third kappa shape index (κ3) is 3.82. The fourth-order valence-corrected chi connectivity index (χ4v) is 6.03. The Morgan fingerprint density at radius 2 is 1.32 bits per heavy atom. The molecule has 0 saturated carbocycles. The second-order valence-electron chi connectivity index (χ2n) is 6.69. The third-order valence-corrected chi connectivity index (χ3v) is 8.70. The van der Waals surface area contributed by atoms with E-state index in [1.165, 1.54) is 32.9 Å². The van der Waals surface area contributed by atoms with Gasteiger partial charge in [0.15, 0.2) is 0 Å². The maximum atomic E-state index is 12.9. The molecule has 0 unspecified atom stereocenters. The average Bonchev–Trinajstić information content (AvgIpc) is 2.70. The van der Waals surface area contributed by atoms with Crippen molar-refractivity contribution in [2.75, 3.05) is 26.2 Å². The highest BCUT2D eigenvalue weighted by Gasteiger charge is 2.33. The lowest BCUT2D eigenvalue weighted by Crippen LogP contribution is -2.50. The number of benzene rings is 2. The molecule has 1 aliphatic rings. The molecule has 2 aromatic rings. The molecule has 0 spiro atoms. The van der Waals surface area contributed by atoms with Crippen LogP contribution in [-0.4, -0.2) is 51.6 Å². The van der Waals surface area contributed by atoms with E-state index in [1.54, 1.807) is 18.2 Å². The summed E-state index contributed by atoms with van der Waals surface area (Å²) in [5.74, 6) is 0. The molecule has 7 nitrogen and oxygen atoms in total. The van der Waals surface area contributed by atoms with E-state index in [1.807, 2.05) is 19.9 Å².